The number of fused-ring (bicyclic) bond motifs is 1. The smallest absolute Gasteiger partial charge is 0.162 e. The molecule has 0 amide bonds. The Morgan fingerprint density at radius 2 is 1.74 bits per heavy atom. The minimum Gasteiger partial charge on any atom is -0.493 e. The molecule has 0 saturated heterocycles. The predicted octanol–water partition coefficient (Wildman–Crippen LogP) is 2.66. The maximum atomic E-state index is 5.54. The first-order chi connectivity index (χ1) is 9.10. The maximum absolute atomic E-state index is 5.54. The first-order valence-electron chi connectivity index (χ1n) is 6.14. The number of hydrogen-bond donors (Lipinski definition) is 2. The van der Waals surface area contributed by atoms with E-state index in [1.807, 2.05) is 12.1 Å². The van der Waals surface area contributed by atoms with Crippen LogP contribution in [0.25, 0.3) is 10.9 Å². The van der Waals surface area contributed by atoms with Crippen molar-refractivity contribution in [2.45, 2.75) is 19.8 Å². The topological polar surface area (TPSA) is 69.4 Å². The first kappa shape index (κ1) is 13.4. The third-order valence-electron chi connectivity index (χ3n) is 3.11. The Morgan fingerprint density at radius 1 is 1.11 bits per heavy atom. The minimum atomic E-state index is 0.330. The van der Waals surface area contributed by atoms with Gasteiger partial charge in [-0.25, -0.2) is 10.8 Å². The van der Waals surface area contributed by atoms with E-state index in [0.29, 0.717) is 23.2 Å². The summed E-state index contributed by atoms with van der Waals surface area (Å²) in [4.78, 5) is 4.53. The van der Waals surface area contributed by atoms with E-state index in [-0.39, 0.29) is 0 Å². The fourth-order valence-corrected chi connectivity index (χ4v) is 2.07. The van der Waals surface area contributed by atoms with Gasteiger partial charge >= 0.3 is 0 Å². The number of nitrogens with zero attached hydrogens (tertiary/aromatic N) is 1. The van der Waals surface area contributed by atoms with E-state index in [2.05, 4.69) is 30.3 Å². The zero-order valence-corrected chi connectivity index (χ0v) is 11.7. The summed E-state index contributed by atoms with van der Waals surface area (Å²) >= 11 is 0. The number of nitrogens with two attached hydrogens (primary N) is 1. The molecule has 0 atom stereocenters. The highest BCUT2D eigenvalue weighted by atomic mass is 16.5. The highest BCUT2D eigenvalue weighted by Gasteiger charge is 2.12. The number of nitrogens with one attached hydrogen (secondary N) is 1. The molecule has 0 saturated carbocycles. The molecule has 102 valence electrons. The average molecular weight is 261 g/mol. The number of hydrazine groups is 1. The van der Waals surface area contributed by atoms with Gasteiger partial charge in [0.25, 0.3) is 0 Å². The van der Waals surface area contributed by atoms with Crippen LogP contribution in [0.1, 0.15) is 25.3 Å². The van der Waals surface area contributed by atoms with Crippen LogP contribution in [0.15, 0.2) is 18.2 Å². The Morgan fingerprint density at radius 3 is 2.26 bits per heavy atom. The zero-order chi connectivity index (χ0) is 14.0. The summed E-state index contributed by atoms with van der Waals surface area (Å²) in [5.74, 6) is 7.91. The van der Waals surface area contributed by atoms with Crippen molar-refractivity contribution in [3.8, 4) is 11.5 Å². The number of anilines is 1. The van der Waals surface area contributed by atoms with Crippen LogP contribution < -0.4 is 20.7 Å². The highest BCUT2D eigenvalue weighted by molar-refractivity contribution is 5.85. The first-order valence-corrected chi connectivity index (χ1v) is 6.14. The van der Waals surface area contributed by atoms with Gasteiger partial charge in [0, 0.05) is 11.5 Å². The summed E-state index contributed by atoms with van der Waals surface area (Å²) < 4.78 is 10.6. The number of pyridine rings is 1. The van der Waals surface area contributed by atoms with E-state index < -0.39 is 0 Å². The van der Waals surface area contributed by atoms with Crippen molar-refractivity contribution in [3.05, 3.63) is 23.8 Å². The summed E-state index contributed by atoms with van der Waals surface area (Å²) in [5.41, 5.74) is 4.54. The quantitative estimate of drug-likeness (QED) is 0.654. The predicted molar refractivity (Wildman–Crippen MR) is 76.7 cm³/mol. The molecule has 3 N–H and O–H groups in total. The van der Waals surface area contributed by atoms with Gasteiger partial charge in [0.1, 0.15) is 5.82 Å². The molecule has 0 aliphatic heterocycles. The van der Waals surface area contributed by atoms with Crippen LogP contribution in [-0.4, -0.2) is 19.2 Å². The molecule has 0 aliphatic rings. The maximum Gasteiger partial charge on any atom is 0.162 e. The minimum absolute atomic E-state index is 0.330. The lowest BCUT2D eigenvalue weighted by atomic mass is 10.0. The summed E-state index contributed by atoms with van der Waals surface area (Å²) in [6.07, 6.45) is 0. The number of nitrogen functional groups attached to an aromatic ring is 1. The van der Waals surface area contributed by atoms with E-state index in [4.69, 9.17) is 15.3 Å². The third-order valence-corrected chi connectivity index (χ3v) is 3.11. The molecule has 0 unspecified atom stereocenters. The Balaban J connectivity index is 2.70. The van der Waals surface area contributed by atoms with Crippen molar-refractivity contribution in [2.75, 3.05) is 19.6 Å². The van der Waals surface area contributed by atoms with E-state index >= 15 is 0 Å². The van der Waals surface area contributed by atoms with Gasteiger partial charge in [-0.2, -0.15) is 0 Å². The fraction of sp³-hybridized carbons (Fsp3) is 0.357. The molecular weight excluding hydrogens is 242 g/mol. The Bertz CT molecular complexity index is 597. The van der Waals surface area contributed by atoms with Crippen molar-refractivity contribution < 1.29 is 9.47 Å². The zero-order valence-electron chi connectivity index (χ0n) is 11.7. The molecule has 1 heterocycles. The summed E-state index contributed by atoms with van der Waals surface area (Å²) in [6, 6.07) is 5.84. The third kappa shape index (κ3) is 2.42. The van der Waals surface area contributed by atoms with Crippen molar-refractivity contribution in [3.63, 3.8) is 0 Å². The second-order valence-electron chi connectivity index (χ2n) is 4.63. The Hall–Kier alpha value is -2.01. The molecule has 5 nitrogen and oxygen atoms in total. The Labute approximate surface area is 112 Å². The second-order valence-corrected chi connectivity index (χ2v) is 4.63. The summed E-state index contributed by atoms with van der Waals surface area (Å²) in [7, 11) is 3.23. The van der Waals surface area contributed by atoms with Crippen LogP contribution in [-0.2, 0) is 0 Å². The molecule has 0 bridgehead atoms. The lowest BCUT2D eigenvalue weighted by molar-refractivity contribution is 0.356. The summed E-state index contributed by atoms with van der Waals surface area (Å²) in [6.45, 7) is 4.20. The lowest BCUT2D eigenvalue weighted by Crippen LogP contribution is -2.12. The number of methoxy groups -OCH3 is 2. The van der Waals surface area contributed by atoms with E-state index in [1.165, 1.54) is 0 Å². The van der Waals surface area contributed by atoms with Crippen LogP contribution in [0.5, 0.6) is 11.5 Å². The molecule has 2 aromatic rings. The molecule has 0 aliphatic carbocycles. The molecule has 0 fully saturated rings. The molecular formula is C14H19N3O2. The van der Waals surface area contributed by atoms with E-state index in [1.54, 1.807) is 14.2 Å². The van der Waals surface area contributed by atoms with Crippen LogP contribution in [0.2, 0.25) is 0 Å². The number of hydrogen-bond acceptors (Lipinski definition) is 5. The van der Waals surface area contributed by atoms with Gasteiger partial charge in [-0.3, -0.25) is 0 Å². The molecule has 0 spiro atoms. The van der Waals surface area contributed by atoms with Gasteiger partial charge in [0.2, 0.25) is 0 Å². The summed E-state index contributed by atoms with van der Waals surface area (Å²) in [5, 5.41) is 1.00. The van der Waals surface area contributed by atoms with Gasteiger partial charge in [0.05, 0.1) is 19.7 Å². The fourth-order valence-electron chi connectivity index (χ4n) is 2.07. The van der Waals surface area contributed by atoms with Crippen molar-refractivity contribution in [1.82, 2.24) is 4.98 Å². The van der Waals surface area contributed by atoms with E-state index in [0.717, 1.165) is 16.5 Å². The standard InChI is InChI=1S/C14H19N3O2/c1-8(2)10-5-9-6-12(18-3)13(19-4)7-11(9)16-14(10)17-15/h5-8H,15H2,1-4H3,(H,16,17). The monoisotopic (exact) mass is 261 g/mol. The van der Waals surface area contributed by atoms with Crippen LogP contribution in [0, 0.1) is 0 Å². The van der Waals surface area contributed by atoms with Crippen molar-refractivity contribution in [2.24, 2.45) is 5.84 Å². The number of ether oxygens (including phenoxy) is 2. The van der Waals surface area contributed by atoms with E-state index in [9.17, 15) is 0 Å². The lowest BCUT2D eigenvalue weighted by Gasteiger charge is -2.14. The van der Waals surface area contributed by atoms with Gasteiger partial charge in [-0.15, -0.1) is 0 Å². The van der Waals surface area contributed by atoms with Gasteiger partial charge in [-0.1, -0.05) is 13.8 Å². The van der Waals surface area contributed by atoms with Gasteiger partial charge in [0.15, 0.2) is 11.5 Å². The number of aromatic nitrogens is 1. The van der Waals surface area contributed by atoms with Crippen molar-refractivity contribution in [1.29, 1.82) is 0 Å². The number of benzene rings is 1. The van der Waals surface area contributed by atoms with Gasteiger partial charge in [-0.05, 0) is 23.6 Å². The SMILES string of the molecule is COc1cc2cc(C(C)C)c(NN)nc2cc1OC. The van der Waals surface area contributed by atoms with Crippen molar-refractivity contribution >= 4 is 16.7 Å². The number of rotatable bonds is 4. The van der Waals surface area contributed by atoms with Crippen LogP contribution in [0.3, 0.4) is 0 Å². The van der Waals surface area contributed by atoms with Crippen LogP contribution in [0.4, 0.5) is 5.82 Å². The molecule has 19 heavy (non-hydrogen) atoms. The van der Waals surface area contributed by atoms with Gasteiger partial charge < -0.3 is 14.9 Å². The molecule has 2 rings (SSSR count). The second kappa shape index (κ2) is 5.32. The molecule has 1 aromatic carbocycles. The normalized spacial score (nSPS) is 10.8. The Kier molecular flexibility index (Phi) is 3.76. The molecule has 5 heteroatoms. The average Bonchev–Trinajstić information content (AvgIpc) is 2.43. The largest absolute Gasteiger partial charge is 0.493 e. The highest BCUT2D eigenvalue weighted by Crippen LogP contribution is 2.34. The molecule has 0 radical (unpaired) electrons. The molecule has 1 aromatic heterocycles. The van der Waals surface area contributed by atoms with Crippen LogP contribution >= 0.6 is 0 Å².